The van der Waals surface area contributed by atoms with E-state index >= 15 is 0 Å². The Kier molecular flexibility index (Phi) is 9.11. The van der Waals surface area contributed by atoms with Crippen molar-refractivity contribution < 1.29 is 32.7 Å². The molecular weight excluding hydrogens is 573 g/mol. The molecule has 12 nitrogen and oxygen atoms in total. The van der Waals surface area contributed by atoms with Gasteiger partial charge in [0.2, 0.25) is 5.88 Å². The van der Waals surface area contributed by atoms with Crippen LogP contribution in [0.2, 0.25) is 5.31 Å². The average molecular weight is 612 g/mol. The van der Waals surface area contributed by atoms with Gasteiger partial charge in [0.25, 0.3) is 10.0 Å². The van der Waals surface area contributed by atoms with Crippen LogP contribution in [0.4, 0.5) is 10.5 Å². The number of ether oxygens (including phenoxy) is 2. The molecule has 1 saturated carbocycles. The number of pyridine rings is 1. The lowest BCUT2D eigenvalue weighted by molar-refractivity contribution is 0.0314. The molecule has 0 aliphatic heterocycles. The monoisotopic (exact) mass is 611 g/mol. The maximum absolute atomic E-state index is 13.1. The van der Waals surface area contributed by atoms with Crippen molar-refractivity contribution in [1.82, 2.24) is 19.5 Å². The van der Waals surface area contributed by atoms with Crippen molar-refractivity contribution in [2.45, 2.75) is 87.9 Å². The van der Waals surface area contributed by atoms with Crippen molar-refractivity contribution in [3.8, 4) is 17.0 Å². The van der Waals surface area contributed by atoms with Crippen LogP contribution in [0.25, 0.3) is 11.1 Å². The Morgan fingerprint density at radius 2 is 1.86 bits per heavy atom. The zero-order valence-corrected chi connectivity index (χ0v) is 25.4. The fourth-order valence-electron chi connectivity index (χ4n) is 5.63. The Morgan fingerprint density at radius 1 is 1.12 bits per heavy atom. The Hall–Kier alpha value is -3.46. The zero-order chi connectivity index (χ0) is 30.8. The lowest BCUT2D eigenvalue weighted by Gasteiger charge is -2.27. The van der Waals surface area contributed by atoms with Crippen molar-refractivity contribution >= 4 is 28.9 Å². The molecule has 2 aliphatic rings. The van der Waals surface area contributed by atoms with Gasteiger partial charge in [0, 0.05) is 43.0 Å². The van der Waals surface area contributed by atoms with Crippen LogP contribution < -0.4 is 14.8 Å². The van der Waals surface area contributed by atoms with Gasteiger partial charge in [0.15, 0.2) is 5.03 Å². The number of sulfonamides is 1. The topological polar surface area (TPSA) is 165 Å². The van der Waals surface area contributed by atoms with E-state index in [9.17, 15) is 23.3 Å². The first-order chi connectivity index (χ1) is 20.4. The molecule has 0 bridgehead atoms. The van der Waals surface area contributed by atoms with E-state index in [0.29, 0.717) is 11.6 Å². The standard InChI is InChI=1S/C29H38BN5O7S/c1-29(2,30(37)38)18-35-16-14-26(33-35)43(39,40)34-28(36)32-27-23-6-4-5-19(23)7-12-24(27)20-13-15-31-25(17-20)42-22-10-8-21(41-3)9-11-22/h7,12-17,21-22,37-38H,4-6,8-11,18H2,1-3H3,(H2,32,34,36)/t21-,22+. The lowest BCUT2D eigenvalue weighted by Crippen LogP contribution is -2.35. The summed E-state index contributed by atoms with van der Waals surface area (Å²) in [6.07, 6.45) is 9.56. The largest absolute Gasteiger partial charge is 0.474 e. The lowest BCUT2D eigenvalue weighted by atomic mass is 9.60. The Labute approximate surface area is 252 Å². The molecular formula is C29H38BN5O7S. The molecule has 0 spiro atoms. The van der Waals surface area contributed by atoms with Crippen LogP contribution >= 0.6 is 0 Å². The summed E-state index contributed by atoms with van der Waals surface area (Å²) >= 11 is 0. The molecule has 43 heavy (non-hydrogen) atoms. The normalized spacial score (nSPS) is 18.6. The Bertz CT molecular complexity index is 1570. The van der Waals surface area contributed by atoms with Crippen LogP contribution in [-0.2, 0) is 34.1 Å². The van der Waals surface area contributed by atoms with Crippen molar-refractivity contribution in [3.05, 3.63) is 53.9 Å². The van der Waals surface area contributed by atoms with Crippen molar-refractivity contribution in [2.24, 2.45) is 0 Å². The second-order valence-electron chi connectivity index (χ2n) is 11.9. The minimum absolute atomic E-state index is 0.0472. The summed E-state index contributed by atoms with van der Waals surface area (Å²) in [5, 5.41) is 24.6. The fraction of sp³-hybridized carbons (Fsp3) is 0.483. The first-order valence-electron chi connectivity index (χ1n) is 14.5. The van der Waals surface area contributed by atoms with Crippen molar-refractivity contribution in [3.63, 3.8) is 0 Å². The number of aryl methyl sites for hydroxylation is 1. The number of benzene rings is 1. The summed E-state index contributed by atoms with van der Waals surface area (Å²) in [6, 6.07) is 7.99. The Morgan fingerprint density at radius 3 is 2.58 bits per heavy atom. The molecule has 14 heteroatoms. The molecule has 2 amide bonds. The predicted molar refractivity (Wildman–Crippen MR) is 161 cm³/mol. The first-order valence-corrected chi connectivity index (χ1v) is 16.0. The van der Waals surface area contributed by atoms with Gasteiger partial charge in [-0.1, -0.05) is 26.0 Å². The van der Waals surface area contributed by atoms with Gasteiger partial charge in [0.05, 0.1) is 11.8 Å². The molecule has 3 aromatic rings. The first kappa shape index (κ1) is 31.0. The number of carbonyl (C=O) groups excluding carboxylic acids is 1. The van der Waals surface area contributed by atoms with Crippen molar-refractivity contribution in [2.75, 3.05) is 12.4 Å². The van der Waals surface area contributed by atoms with E-state index in [4.69, 9.17) is 9.47 Å². The molecule has 1 aromatic carbocycles. The third kappa shape index (κ3) is 7.20. The van der Waals surface area contributed by atoms with Crippen LogP contribution in [0.15, 0.2) is 47.8 Å². The van der Waals surface area contributed by atoms with Crippen LogP contribution in [-0.4, -0.2) is 65.7 Å². The predicted octanol–water partition coefficient (Wildman–Crippen LogP) is 3.53. The van der Waals surface area contributed by atoms with Gasteiger partial charge in [-0.3, -0.25) is 4.68 Å². The van der Waals surface area contributed by atoms with E-state index in [2.05, 4.69) is 20.1 Å². The van der Waals surface area contributed by atoms with Gasteiger partial charge in [0.1, 0.15) is 6.10 Å². The van der Waals surface area contributed by atoms with Crippen LogP contribution in [0.3, 0.4) is 0 Å². The van der Waals surface area contributed by atoms with Crippen LogP contribution in [0, 0.1) is 0 Å². The number of rotatable bonds is 10. The number of hydrogen-bond donors (Lipinski definition) is 4. The van der Waals surface area contributed by atoms with E-state index in [1.165, 1.54) is 16.9 Å². The number of fused-ring (bicyclic) bond motifs is 1. The fourth-order valence-corrected chi connectivity index (χ4v) is 6.49. The number of anilines is 1. The number of nitrogens with one attached hydrogen (secondary N) is 2. The molecule has 2 heterocycles. The number of urea groups is 1. The highest BCUT2D eigenvalue weighted by atomic mass is 32.2. The SMILES string of the molecule is CO[C@H]1CC[C@@H](Oc2cc(-c3ccc4c(c3NC(=O)NS(=O)(=O)c3ccn(CC(C)(C)B(O)O)n3)CCC4)ccn2)CC1. The zero-order valence-electron chi connectivity index (χ0n) is 24.6. The van der Waals surface area contributed by atoms with Gasteiger partial charge in [-0.05, 0) is 73.8 Å². The van der Waals surface area contributed by atoms with E-state index in [0.717, 1.165) is 67.2 Å². The number of carbonyl (C=O) groups is 1. The van der Waals surface area contributed by atoms with Gasteiger partial charge in [-0.25, -0.2) is 14.5 Å². The summed E-state index contributed by atoms with van der Waals surface area (Å²) in [4.78, 5) is 17.5. The summed E-state index contributed by atoms with van der Waals surface area (Å²) in [5.41, 5.74) is 4.14. The maximum Gasteiger partial charge on any atom is 0.459 e. The van der Waals surface area contributed by atoms with Gasteiger partial charge in [-0.15, -0.1) is 0 Å². The van der Waals surface area contributed by atoms with Crippen LogP contribution in [0.1, 0.15) is 57.1 Å². The quantitative estimate of drug-likeness (QED) is 0.251. The van der Waals surface area contributed by atoms with Crippen LogP contribution in [0.5, 0.6) is 5.88 Å². The third-order valence-corrected chi connectivity index (χ3v) is 9.42. The minimum Gasteiger partial charge on any atom is -0.474 e. The number of aromatic nitrogens is 3. The van der Waals surface area contributed by atoms with Crippen molar-refractivity contribution in [1.29, 1.82) is 0 Å². The molecule has 1 fully saturated rings. The maximum atomic E-state index is 13.1. The second-order valence-corrected chi connectivity index (χ2v) is 13.5. The molecule has 0 unspecified atom stereocenters. The minimum atomic E-state index is -4.31. The molecule has 0 saturated heterocycles. The molecule has 2 aromatic heterocycles. The highest BCUT2D eigenvalue weighted by Gasteiger charge is 2.34. The summed E-state index contributed by atoms with van der Waals surface area (Å²) in [6.45, 7) is 3.28. The summed E-state index contributed by atoms with van der Waals surface area (Å²) in [5.74, 6) is 0.490. The van der Waals surface area contributed by atoms with E-state index in [1.807, 2.05) is 24.3 Å². The number of amides is 2. The molecule has 5 rings (SSSR count). The molecule has 4 N–H and O–H groups in total. The van der Waals surface area contributed by atoms with Gasteiger partial charge < -0.3 is 24.8 Å². The molecule has 230 valence electrons. The van der Waals surface area contributed by atoms with Gasteiger partial charge in [-0.2, -0.15) is 13.5 Å². The van der Waals surface area contributed by atoms with E-state index < -0.39 is 28.5 Å². The van der Waals surface area contributed by atoms with E-state index in [-0.39, 0.29) is 23.8 Å². The molecule has 2 aliphatic carbocycles. The van der Waals surface area contributed by atoms with E-state index in [1.54, 1.807) is 27.2 Å². The Balaban J connectivity index is 1.34. The highest BCUT2D eigenvalue weighted by Crippen LogP contribution is 2.38. The highest BCUT2D eigenvalue weighted by molar-refractivity contribution is 7.90. The summed E-state index contributed by atoms with van der Waals surface area (Å²) < 4.78 is 41.1. The second kappa shape index (κ2) is 12.6. The summed E-state index contributed by atoms with van der Waals surface area (Å²) in [7, 11) is -4.20. The van der Waals surface area contributed by atoms with Gasteiger partial charge >= 0.3 is 13.1 Å². The molecule has 0 atom stereocenters. The average Bonchev–Trinajstić information content (AvgIpc) is 3.64. The number of hydrogen-bond acceptors (Lipinski definition) is 9. The smallest absolute Gasteiger partial charge is 0.459 e. The molecule has 0 radical (unpaired) electrons. The third-order valence-electron chi connectivity index (χ3n) is 8.20. The number of methoxy groups -OCH3 is 1. The number of nitrogens with zero attached hydrogens (tertiary/aromatic N) is 3.